The largest absolute Gasteiger partial charge is 0.336 e. The molecule has 0 aliphatic carbocycles. The van der Waals surface area contributed by atoms with Crippen molar-refractivity contribution in [2.75, 3.05) is 50.9 Å². The first-order valence-corrected chi connectivity index (χ1v) is 15.6. The molecule has 1 aromatic heterocycles. The van der Waals surface area contributed by atoms with Gasteiger partial charge in [-0.25, -0.2) is 13.9 Å². The number of hydrogen-bond acceptors (Lipinski definition) is 5. The molecule has 46 heavy (non-hydrogen) atoms. The molecule has 0 bridgehead atoms. The minimum atomic E-state index is -0.562. The van der Waals surface area contributed by atoms with E-state index in [1.165, 1.54) is 11.6 Å². The monoisotopic (exact) mass is 625 g/mol. The molecule has 1 aliphatic rings. The van der Waals surface area contributed by atoms with Crippen LogP contribution < -0.4 is 10.6 Å². The Kier molecular flexibility index (Phi) is 9.88. The summed E-state index contributed by atoms with van der Waals surface area (Å²) in [5.41, 5.74) is 5.26. The first-order chi connectivity index (χ1) is 21.9. The summed E-state index contributed by atoms with van der Waals surface area (Å²) in [6.07, 6.45) is 0. The topological polar surface area (TPSA) is 85.7 Å². The number of benzene rings is 3. The third-order valence-corrected chi connectivity index (χ3v) is 8.04. The van der Waals surface area contributed by atoms with E-state index in [2.05, 4.69) is 41.2 Å². The summed E-state index contributed by atoms with van der Waals surface area (Å²) in [7, 11) is 4.04. The van der Waals surface area contributed by atoms with Crippen molar-refractivity contribution in [2.24, 2.45) is 0 Å². The van der Waals surface area contributed by atoms with Gasteiger partial charge in [0.15, 0.2) is 0 Å². The van der Waals surface area contributed by atoms with Crippen molar-refractivity contribution < 1.29 is 14.0 Å². The van der Waals surface area contributed by atoms with Crippen LogP contribution in [0, 0.1) is 12.7 Å². The third-order valence-electron chi connectivity index (χ3n) is 8.04. The molecule has 1 saturated heterocycles. The van der Waals surface area contributed by atoms with Crippen molar-refractivity contribution in [3.05, 3.63) is 107 Å². The minimum absolute atomic E-state index is 0.0346. The second-order valence-electron chi connectivity index (χ2n) is 13.3. The van der Waals surface area contributed by atoms with E-state index >= 15 is 4.39 Å². The highest BCUT2D eigenvalue weighted by molar-refractivity contribution is 5.99. The summed E-state index contributed by atoms with van der Waals surface area (Å²) in [5.74, 6) is 0.0104. The minimum Gasteiger partial charge on any atom is -0.336 e. The average molecular weight is 626 g/mol. The van der Waals surface area contributed by atoms with Crippen LogP contribution in [0.3, 0.4) is 0 Å². The van der Waals surface area contributed by atoms with Crippen LogP contribution >= 0.6 is 0 Å². The molecule has 0 radical (unpaired) electrons. The molecule has 9 nitrogen and oxygen atoms in total. The summed E-state index contributed by atoms with van der Waals surface area (Å²) >= 11 is 0. The van der Waals surface area contributed by atoms with Crippen molar-refractivity contribution in [1.29, 1.82) is 0 Å². The van der Waals surface area contributed by atoms with Gasteiger partial charge in [0.2, 0.25) is 0 Å². The number of urea groups is 1. The lowest BCUT2D eigenvalue weighted by Crippen LogP contribution is -2.48. The second-order valence-corrected chi connectivity index (χ2v) is 13.3. The third kappa shape index (κ3) is 8.18. The van der Waals surface area contributed by atoms with Gasteiger partial charge in [0.1, 0.15) is 11.6 Å². The van der Waals surface area contributed by atoms with Crippen LogP contribution in [0.4, 0.5) is 20.7 Å². The van der Waals surface area contributed by atoms with Gasteiger partial charge >= 0.3 is 6.03 Å². The van der Waals surface area contributed by atoms with E-state index in [9.17, 15) is 9.59 Å². The van der Waals surface area contributed by atoms with Crippen molar-refractivity contribution in [1.82, 2.24) is 24.5 Å². The van der Waals surface area contributed by atoms with Crippen molar-refractivity contribution in [3.63, 3.8) is 0 Å². The molecule has 0 spiro atoms. The Morgan fingerprint density at radius 3 is 2.13 bits per heavy atom. The highest BCUT2D eigenvalue weighted by atomic mass is 19.1. The van der Waals surface area contributed by atoms with E-state index in [-0.39, 0.29) is 17.0 Å². The van der Waals surface area contributed by atoms with Crippen molar-refractivity contribution in [3.8, 4) is 5.69 Å². The molecule has 0 unspecified atom stereocenters. The average Bonchev–Trinajstić information content (AvgIpc) is 3.43. The van der Waals surface area contributed by atoms with Crippen LogP contribution in [0.5, 0.6) is 0 Å². The summed E-state index contributed by atoms with van der Waals surface area (Å²) in [6.45, 7) is 12.2. The molecule has 2 N–H and O–H groups in total. The highest BCUT2D eigenvalue weighted by Gasteiger charge is 2.24. The number of halogens is 1. The lowest BCUT2D eigenvalue weighted by Gasteiger charge is -2.35. The predicted octanol–water partition coefficient (Wildman–Crippen LogP) is 6.28. The van der Waals surface area contributed by atoms with Crippen molar-refractivity contribution in [2.45, 2.75) is 46.2 Å². The molecular formula is C36H44FN7O2. The molecule has 242 valence electrons. The molecule has 10 heteroatoms. The number of carbonyl (C=O) groups excluding carboxylic acids is 2. The zero-order chi connectivity index (χ0) is 33.0. The fourth-order valence-electron chi connectivity index (χ4n) is 5.42. The Balaban J connectivity index is 1.16. The number of amides is 3. The van der Waals surface area contributed by atoms with Crippen LogP contribution in [0.2, 0.25) is 0 Å². The van der Waals surface area contributed by atoms with E-state index in [4.69, 9.17) is 5.10 Å². The number of carbonyl (C=O) groups is 2. The number of hydrogen-bond donors (Lipinski definition) is 2. The Morgan fingerprint density at radius 2 is 1.52 bits per heavy atom. The first kappa shape index (κ1) is 32.8. The number of nitrogens with zero attached hydrogens (tertiary/aromatic N) is 5. The highest BCUT2D eigenvalue weighted by Crippen LogP contribution is 2.27. The van der Waals surface area contributed by atoms with E-state index in [1.807, 2.05) is 86.6 Å². The SMILES string of the molecule is Cc1ccc(-n2nc(C(C)(C)C)cc2NC(=O)Nc2ccc(CN3CCN(C(=O)c4ccc(CN(C)C)cc4)CC3)cc2F)cc1. The standard InChI is InChI=1S/C36H44FN7O2/c1-25-7-14-29(15-8-25)44-33(22-32(40-44)36(2,3)4)39-35(46)38-31-16-11-27(21-30(31)37)24-42-17-19-43(20-18-42)34(45)28-12-9-26(10-13-28)23-41(5)6/h7-16,21-22H,17-20,23-24H2,1-6H3,(H2,38,39,46). The molecule has 3 aromatic carbocycles. The van der Waals surface area contributed by atoms with Gasteiger partial charge in [-0.05, 0) is 68.5 Å². The molecule has 0 saturated carbocycles. The molecule has 5 rings (SSSR count). The number of aromatic nitrogens is 2. The van der Waals surface area contributed by atoms with E-state index in [1.54, 1.807) is 10.7 Å². The van der Waals surface area contributed by atoms with Crippen molar-refractivity contribution >= 4 is 23.4 Å². The maximum atomic E-state index is 15.2. The number of nitrogens with one attached hydrogen (secondary N) is 2. The van der Waals surface area contributed by atoms with E-state index in [0.717, 1.165) is 29.1 Å². The number of piperazine rings is 1. The Labute approximate surface area is 271 Å². The van der Waals surface area contributed by atoms with Gasteiger partial charge in [-0.15, -0.1) is 0 Å². The Bertz CT molecular complexity index is 1670. The summed E-state index contributed by atoms with van der Waals surface area (Å²) in [4.78, 5) is 32.2. The van der Waals surface area contributed by atoms with Gasteiger partial charge in [-0.2, -0.15) is 5.10 Å². The quantitative estimate of drug-likeness (QED) is 0.241. The fourth-order valence-corrected chi connectivity index (χ4v) is 5.42. The lowest BCUT2D eigenvalue weighted by molar-refractivity contribution is 0.0628. The molecular weight excluding hydrogens is 581 g/mol. The van der Waals surface area contributed by atoms with Crippen LogP contribution in [-0.2, 0) is 18.5 Å². The smallest absolute Gasteiger partial charge is 0.324 e. The summed E-state index contributed by atoms with van der Waals surface area (Å²) in [6, 6.07) is 21.8. The molecule has 3 amide bonds. The molecule has 4 aromatic rings. The maximum absolute atomic E-state index is 15.2. The van der Waals surface area contributed by atoms with Crippen LogP contribution in [-0.4, -0.2) is 76.7 Å². The van der Waals surface area contributed by atoms with Gasteiger partial charge in [-0.3, -0.25) is 15.0 Å². The van der Waals surface area contributed by atoms with E-state index < -0.39 is 11.8 Å². The first-order valence-electron chi connectivity index (χ1n) is 15.6. The second kappa shape index (κ2) is 13.8. The molecule has 2 heterocycles. The van der Waals surface area contributed by atoms with E-state index in [0.29, 0.717) is 44.1 Å². The normalized spacial score (nSPS) is 14.0. The Hall–Kier alpha value is -4.54. The maximum Gasteiger partial charge on any atom is 0.324 e. The van der Waals surface area contributed by atoms with Gasteiger partial charge in [-0.1, -0.05) is 56.7 Å². The fraction of sp³-hybridized carbons (Fsp3) is 0.361. The van der Waals surface area contributed by atoms with Gasteiger partial charge in [0, 0.05) is 56.3 Å². The predicted molar refractivity (Wildman–Crippen MR) is 181 cm³/mol. The summed E-state index contributed by atoms with van der Waals surface area (Å²) < 4.78 is 16.9. The van der Waals surface area contributed by atoms with Gasteiger partial charge < -0.3 is 15.1 Å². The van der Waals surface area contributed by atoms with Crippen LogP contribution in [0.1, 0.15) is 53.5 Å². The molecule has 0 atom stereocenters. The number of aryl methyl sites for hydroxylation is 1. The molecule has 1 fully saturated rings. The zero-order valence-corrected chi connectivity index (χ0v) is 27.6. The van der Waals surface area contributed by atoms with Crippen LogP contribution in [0.25, 0.3) is 5.69 Å². The van der Waals surface area contributed by atoms with Gasteiger partial charge in [0.05, 0.1) is 17.1 Å². The van der Waals surface area contributed by atoms with Gasteiger partial charge in [0.25, 0.3) is 5.91 Å². The lowest BCUT2D eigenvalue weighted by atomic mass is 9.92. The number of anilines is 2. The number of rotatable bonds is 8. The zero-order valence-electron chi connectivity index (χ0n) is 27.6. The Morgan fingerprint density at radius 1 is 0.870 bits per heavy atom. The summed E-state index contributed by atoms with van der Waals surface area (Å²) in [5, 5.41) is 10.2. The van der Waals surface area contributed by atoms with Crippen LogP contribution in [0.15, 0.2) is 72.8 Å². The molecule has 1 aliphatic heterocycles.